The minimum atomic E-state index is -3.93. The lowest BCUT2D eigenvalue weighted by molar-refractivity contribution is -0.140. The zero-order chi connectivity index (χ0) is 39.2. The molecule has 2 saturated carbocycles. The van der Waals surface area contributed by atoms with E-state index < -0.39 is 68.7 Å². The average Bonchev–Trinajstić information content (AvgIpc) is 3.97. The molecule has 3 aliphatic heterocycles. The lowest BCUT2D eigenvalue weighted by Gasteiger charge is -2.29. The van der Waals surface area contributed by atoms with Crippen LogP contribution >= 0.6 is 22.9 Å². The van der Waals surface area contributed by atoms with E-state index in [9.17, 15) is 32.0 Å². The summed E-state index contributed by atoms with van der Waals surface area (Å²) < 4.78 is 53.3. The number of aromatic nitrogens is 1. The molecule has 1 aromatic heterocycles. The van der Waals surface area contributed by atoms with Crippen molar-refractivity contribution in [3.8, 4) is 0 Å². The number of halogens is 2. The molecule has 18 heteroatoms. The quantitative estimate of drug-likeness (QED) is 0.335. The van der Waals surface area contributed by atoms with Crippen LogP contribution in [0.5, 0.6) is 0 Å². The number of carbonyl (C=O) groups excluding carboxylic acids is 4. The zero-order valence-electron chi connectivity index (χ0n) is 30.4. The predicted molar refractivity (Wildman–Crippen MR) is 205 cm³/mol. The lowest BCUT2D eigenvalue weighted by Crippen LogP contribution is -2.57. The molecular formula is C38H42ClFN6O8S2. The van der Waals surface area contributed by atoms with E-state index in [1.165, 1.54) is 27.2 Å². The van der Waals surface area contributed by atoms with Crippen LogP contribution in [0.3, 0.4) is 0 Å². The maximum absolute atomic E-state index is 14.6. The zero-order valence-corrected chi connectivity index (χ0v) is 32.8. The third-order valence-electron chi connectivity index (χ3n) is 11.2. The summed E-state index contributed by atoms with van der Waals surface area (Å²) in [6, 6.07) is 3.42. The number of hydrogen-bond acceptors (Lipinski definition) is 11. The Hall–Kier alpha value is -4.32. The molecule has 3 N–H and O–H groups in total. The van der Waals surface area contributed by atoms with Crippen molar-refractivity contribution in [2.75, 3.05) is 25.1 Å². The summed E-state index contributed by atoms with van der Waals surface area (Å²) in [4.78, 5) is 63.8. The van der Waals surface area contributed by atoms with Crippen molar-refractivity contribution in [3.05, 3.63) is 75.6 Å². The van der Waals surface area contributed by atoms with Crippen molar-refractivity contribution >= 4 is 67.5 Å². The fourth-order valence-electron chi connectivity index (χ4n) is 7.75. The van der Waals surface area contributed by atoms with Crippen LogP contribution in [0.2, 0.25) is 5.02 Å². The van der Waals surface area contributed by atoms with Crippen LogP contribution in [-0.4, -0.2) is 95.8 Å². The van der Waals surface area contributed by atoms with Gasteiger partial charge in [0, 0.05) is 42.3 Å². The van der Waals surface area contributed by atoms with Crippen molar-refractivity contribution in [2.24, 2.45) is 5.92 Å². The van der Waals surface area contributed by atoms with E-state index in [1.807, 2.05) is 17.5 Å². The largest absolute Gasteiger partial charge is 0.444 e. The summed E-state index contributed by atoms with van der Waals surface area (Å²) in [5.41, 5.74) is 1.70. The standard InChI is InChI=1S/C38H42ClFN6O8S2/c39-29-6-1-4-23-18-45(20-28(23)29)37(50)54-26-16-32-33(47)43-38(35(49)44-56(51,52)27-12-13-27)17-24(38)5-2-14-53-15-3-7-30(34(48)46(32)19-26)41-36-42-31(21-55-36)22-8-10-25(40)11-9-22/h1-2,4-6,8,10,21,24,26-27,30,32H,3,7,9,11-20H2,(H,41,42)(H,43,47)(H,44,49)/b5-2-/t24-,26-,30+,32+,38-/m1/s1. The number of sulfonamides is 1. The van der Waals surface area contributed by atoms with Crippen molar-refractivity contribution < 1.29 is 41.5 Å². The normalized spacial score (nSPS) is 28.7. The van der Waals surface area contributed by atoms with Gasteiger partial charge in [0.05, 0.1) is 30.6 Å². The number of anilines is 1. The van der Waals surface area contributed by atoms with Gasteiger partial charge in [-0.2, -0.15) is 0 Å². The Morgan fingerprint density at radius 3 is 2.75 bits per heavy atom. The summed E-state index contributed by atoms with van der Waals surface area (Å²) in [6.07, 6.45) is 7.64. The van der Waals surface area contributed by atoms with E-state index in [2.05, 4.69) is 20.3 Å². The number of allylic oxidation sites excluding steroid dienone is 4. The molecule has 3 aliphatic carbocycles. The highest BCUT2D eigenvalue weighted by molar-refractivity contribution is 7.91. The van der Waals surface area contributed by atoms with Gasteiger partial charge in [0.25, 0.3) is 5.91 Å². The van der Waals surface area contributed by atoms with Gasteiger partial charge in [0.1, 0.15) is 29.6 Å². The molecule has 0 unspecified atom stereocenters. The monoisotopic (exact) mass is 828 g/mol. The Morgan fingerprint density at radius 2 is 1.98 bits per heavy atom. The highest BCUT2D eigenvalue weighted by Gasteiger charge is 2.62. The summed E-state index contributed by atoms with van der Waals surface area (Å²) in [5, 5.41) is 8.27. The number of nitrogens with one attached hydrogen (secondary N) is 3. The van der Waals surface area contributed by atoms with Crippen LogP contribution in [0.15, 0.2) is 53.7 Å². The first-order valence-corrected chi connectivity index (χ1v) is 21.6. The van der Waals surface area contributed by atoms with Crippen molar-refractivity contribution in [1.29, 1.82) is 0 Å². The van der Waals surface area contributed by atoms with Crippen molar-refractivity contribution in [2.45, 2.75) is 93.4 Å². The Bertz CT molecular complexity index is 2140. The van der Waals surface area contributed by atoms with Crippen LogP contribution in [0.1, 0.15) is 68.2 Å². The van der Waals surface area contributed by atoms with Crippen LogP contribution in [0, 0.1) is 5.92 Å². The van der Waals surface area contributed by atoms with Gasteiger partial charge in [0.15, 0.2) is 5.13 Å². The van der Waals surface area contributed by atoms with Gasteiger partial charge in [-0.3, -0.25) is 24.0 Å². The van der Waals surface area contributed by atoms with Crippen LogP contribution in [0.25, 0.3) is 5.57 Å². The Kier molecular flexibility index (Phi) is 10.7. The molecule has 5 atom stereocenters. The summed E-state index contributed by atoms with van der Waals surface area (Å²) in [7, 11) is -3.93. The maximum atomic E-state index is 14.6. The Balaban J connectivity index is 1.05. The molecule has 3 fully saturated rings. The van der Waals surface area contributed by atoms with E-state index in [0.29, 0.717) is 54.6 Å². The number of fused-ring (bicyclic) bond motifs is 3. The molecule has 298 valence electrons. The number of rotatable bonds is 7. The fourth-order valence-corrected chi connectivity index (χ4v) is 10.2. The number of hydrogen-bond donors (Lipinski definition) is 3. The van der Waals surface area contributed by atoms with Crippen LogP contribution in [0.4, 0.5) is 14.3 Å². The smallest absolute Gasteiger partial charge is 0.410 e. The molecule has 1 aromatic carbocycles. The molecule has 0 radical (unpaired) electrons. The summed E-state index contributed by atoms with van der Waals surface area (Å²) >= 11 is 7.68. The topological polar surface area (TPSA) is 176 Å². The number of thiazole rings is 1. The number of ether oxygens (including phenoxy) is 2. The number of amides is 4. The highest BCUT2D eigenvalue weighted by Crippen LogP contribution is 2.46. The van der Waals surface area contributed by atoms with Crippen molar-refractivity contribution in [1.82, 2.24) is 24.8 Å². The molecule has 1 saturated heterocycles. The van der Waals surface area contributed by atoms with Gasteiger partial charge >= 0.3 is 6.09 Å². The third kappa shape index (κ3) is 8.08. The average molecular weight is 829 g/mol. The number of carbonyl (C=O) groups is 4. The first kappa shape index (κ1) is 38.5. The van der Waals surface area contributed by atoms with Gasteiger partial charge in [-0.25, -0.2) is 22.6 Å². The minimum Gasteiger partial charge on any atom is -0.444 e. The fraction of sp³-hybridized carbons (Fsp3) is 0.500. The predicted octanol–water partition coefficient (Wildman–Crippen LogP) is 4.58. The second-order valence-corrected chi connectivity index (χ2v) is 18.3. The first-order valence-electron chi connectivity index (χ1n) is 18.8. The van der Waals surface area contributed by atoms with E-state index in [0.717, 1.165) is 16.7 Å². The molecule has 4 heterocycles. The van der Waals surface area contributed by atoms with Gasteiger partial charge in [0.2, 0.25) is 21.8 Å². The second kappa shape index (κ2) is 15.6. The van der Waals surface area contributed by atoms with Crippen LogP contribution < -0.4 is 15.4 Å². The molecule has 14 nitrogen and oxygen atoms in total. The van der Waals surface area contributed by atoms with Gasteiger partial charge < -0.3 is 25.0 Å². The number of nitrogens with zero attached hydrogens (tertiary/aromatic N) is 3. The van der Waals surface area contributed by atoms with E-state index >= 15 is 0 Å². The van der Waals surface area contributed by atoms with E-state index in [4.69, 9.17) is 21.1 Å². The van der Waals surface area contributed by atoms with Gasteiger partial charge in [-0.15, -0.1) is 11.3 Å². The molecule has 6 aliphatic rings. The molecule has 8 rings (SSSR count). The second-order valence-electron chi connectivity index (χ2n) is 15.1. The van der Waals surface area contributed by atoms with Crippen LogP contribution in [-0.2, 0) is 47.0 Å². The molecule has 0 bridgehead atoms. The van der Waals surface area contributed by atoms with E-state index in [-0.39, 0.29) is 51.3 Å². The molecular weight excluding hydrogens is 787 g/mol. The molecule has 4 amide bonds. The SMILES string of the molecule is O=C1N[C@]2(C(=O)NS(=O)(=O)C3CC3)C[C@H]2/C=C\COCCC[C@H](Nc2nc(C3=CC=C(F)CC3)cs2)C(=O)N2C[C@H](OC(=O)N3Cc4cccc(Cl)c4C3)C[C@@H]12. The third-order valence-corrected chi connectivity index (χ3v) is 14.1. The number of benzene rings is 1. The Labute approximate surface area is 332 Å². The first-order chi connectivity index (χ1) is 26.9. The lowest BCUT2D eigenvalue weighted by atomic mass is 10.0. The summed E-state index contributed by atoms with van der Waals surface area (Å²) in [6.45, 7) is 0.949. The van der Waals surface area contributed by atoms with E-state index in [1.54, 1.807) is 24.3 Å². The highest BCUT2D eigenvalue weighted by atomic mass is 35.5. The minimum absolute atomic E-state index is 0.0566. The van der Waals surface area contributed by atoms with Gasteiger partial charge in [-0.05, 0) is 67.4 Å². The Morgan fingerprint density at radius 1 is 1.14 bits per heavy atom. The van der Waals surface area contributed by atoms with Gasteiger partial charge in [-0.1, -0.05) is 42.0 Å². The summed E-state index contributed by atoms with van der Waals surface area (Å²) in [5.74, 6) is -2.67. The maximum Gasteiger partial charge on any atom is 0.410 e. The molecule has 2 aromatic rings. The molecule has 0 spiro atoms. The molecule has 56 heavy (non-hydrogen) atoms. The van der Waals surface area contributed by atoms with Crippen molar-refractivity contribution in [3.63, 3.8) is 0 Å².